The van der Waals surface area contributed by atoms with E-state index >= 15 is 0 Å². The summed E-state index contributed by atoms with van der Waals surface area (Å²) in [5.74, 6) is -0.926. The number of aryl methyl sites for hydroxylation is 1. The number of nitrogens with zero attached hydrogens (tertiary/aromatic N) is 4. The highest BCUT2D eigenvalue weighted by Gasteiger charge is 2.30. The molecule has 7 nitrogen and oxygen atoms in total. The van der Waals surface area contributed by atoms with Crippen LogP contribution in [0.15, 0.2) is 59.4 Å². The van der Waals surface area contributed by atoms with Crippen LogP contribution in [-0.2, 0) is 17.5 Å². The average Bonchev–Trinajstić information content (AvgIpc) is 3.03. The van der Waals surface area contributed by atoms with Crippen molar-refractivity contribution in [2.24, 2.45) is 0 Å². The third kappa shape index (κ3) is 4.22. The van der Waals surface area contributed by atoms with E-state index in [1.165, 1.54) is 42.5 Å². The van der Waals surface area contributed by atoms with Gasteiger partial charge >= 0.3 is 11.9 Å². The van der Waals surface area contributed by atoms with Crippen molar-refractivity contribution in [3.63, 3.8) is 0 Å². The van der Waals surface area contributed by atoms with E-state index in [-0.39, 0.29) is 17.0 Å². The summed E-state index contributed by atoms with van der Waals surface area (Å²) in [5, 5.41) is 6.67. The van der Waals surface area contributed by atoms with E-state index in [4.69, 9.17) is 0 Å². The molecule has 2 aromatic carbocycles. The number of alkyl halides is 3. The van der Waals surface area contributed by atoms with Gasteiger partial charge in [-0.3, -0.25) is 4.79 Å². The lowest BCUT2D eigenvalue weighted by Crippen LogP contribution is -2.28. The zero-order valence-electron chi connectivity index (χ0n) is 16.5. The largest absolute Gasteiger partial charge is 0.416 e. The van der Waals surface area contributed by atoms with Gasteiger partial charge in [0, 0.05) is 23.0 Å². The highest BCUT2D eigenvalue weighted by atomic mass is 19.4. The van der Waals surface area contributed by atoms with Crippen LogP contribution in [0.5, 0.6) is 0 Å². The Morgan fingerprint density at radius 3 is 2.34 bits per heavy atom. The van der Waals surface area contributed by atoms with Gasteiger partial charge in [0.05, 0.1) is 5.56 Å². The van der Waals surface area contributed by atoms with Crippen molar-refractivity contribution >= 4 is 17.2 Å². The number of fused-ring (bicyclic) bond motifs is 1. The van der Waals surface area contributed by atoms with Crippen LogP contribution in [0.4, 0.5) is 23.2 Å². The summed E-state index contributed by atoms with van der Waals surface area (Å²) in [6, 6.07) is 10.8. The van der Waals surface area contributed by atoms with E-state index in [0.717, 1.165) is 21.2 Å². The van der Waals surface area contributed by atoms with E-state index < -0.39 is 35.7 Å². The number of amides is 1. The first-order valence-electron chi connectivity index (χ1n) is 9.32. The summed E-state index contributed by atoms with van der Waals surface area (Å²) in [6.07, 6.45) is -4.49. The van der Waals surface area contributed by atoms with Gasteiger partial charge in [-0.25, -0.2) is 23.3 Å². The van der Waals surface area contributed by atoms with Crippen LogP contribution >= 0.6 is 0 Å². The molecule has 0 aliphatic heterocycles. The second-order valence-corrected chi connectivity index (χ2v) is 6.99. The Bertz CT molecular complexity index is 1360. The van der Waals surface area contributed by atoms with Crippen LogP contribution < -0.4 is 11.0 Å². The predicted molar refractivity (Wildman–Crippen MR) is 107 cm³/mol. The fraction of sp³-hybridized carbons (Fsp3) is 0.143. The summed E-state index contributed by atoms with van der Waals surface area (Å²) in [7, 11) is 0. The van der Waals surface area contributed by atoms with Crippen LogP contribution in [0.25, 0.3) is 17.0 Å². The van der Waals surface area contributed by atoms with Crippen LogP contribution in [0, 0.1) is 12.7 Å². The molecule has 1 amide bonds. The molecule has 0 atom stereocenters. The first kappa shape index (κ1) is 21.2. The Labute approximate surface area is 177 Å². The number of nitrogens with one attached hydrogen (secondary N) is 1. The molecule has 0 saturated carbocycles. The number of hydrogen-bond acceptors (Lipinski definition) is 4. The number of hydrogen-bond donors (Lipinski definition) is 1. The van der Waals surface area contributed by atoms with Gasteiger partial charge in [-0.15, -0.1) is 5.10 Å². The van der Waals surface area contributed by atoms with Crippen LogP contribution in [0.3, 0.4) is 0 Å². The Morgan fingerprint density at radius 2 is 1.72 bits per heavy atom. The van der Waals surface area contributed by atoms with Crippen molar-refractivity contribution in [2.75, 3.05) is 5.32 Å². The Morgan fingerprint density at radius 1 is 1.06 bits per heavy atom. The first-order valence-corrected chi connectivity index (χ1v) is 9.32. The third-order valence-corrected chi connectivity index (χ3v) is 4.59. The minimum absolute atomic E-state index is 0.101. The van der Waals surface area contributed by atoms with Crippen molar-refractivity contribution in [2.45, 2.75) is 19.6 Å². The number of halogens is 4. The maximum atomic E-state index is 13.0. The molecule has 32 heavy (non-hydrogen) atoms. The monoisotopic (exact) mass is 445 g/mol. The topological polar surface area (TPSA) is 81.3 Å². The van der Waals surface area contributed by atoms with Gasteiger partial charge in [-0.05, 0) is 43.3 Å². The van der Waals surface area contributed by atoms with Crippen molar-refractivity contribution in [3.8, 4) is 11.4 Å². The Balaban J connectivity index is 1.68. The minimum atomic E-state index is -4.49. The van der Waals surface area contributed by atoms with E-state index in [0.29, 0.717) is 11.4 Å². The first-order chi connectivity index (χ1) is 15.1. The van der Waals surface area contributed by atoms with Gasteiger partial charge in [0.15, 0.2) is 5.65 Å². The van der Waals surface area contributed by atoms with Crippen molar-refractivity contribution < 1.29 is 22.4 Å². The second-order valence-electron chi connectivity index (χ2n) is 6.99. The fourth-order valence-corrected chi connectivity index (χ4v) is 3.13. The molecule has 1 N–H and O–H groups in total. The van der Waals surface area contributed by atoms with Crippen LogP contribution in [-0.4, -0.2) is 25.1 Å². The van der Waals surface area contributed by atoms with Gasteiger partial charge in [-0.2, -0.15) is 13.2 Å². The number of anilines is 1. The molecule has 4 aromatic rings. The second kappa shape index (κ2) is 7.91. The van der Waals surface area contributed by atoms with Gasteiger partial charge in [0.25, 0.3) is 0 Å². The number of carbonyl (C=O) groups excluding carboxylic acids is 1. The summed E-state index contributed by atoms with van der Waals surface area (Å²) in [4.78, 5) is 29.5. The van der Waals surface area contributed by atoms with Gasteiger partial charge in [0.1, 0.15) is 18.2 Å². The molecular weight excluding hydrogens is 430 g/mol. The van der Waals surface area contributed by atoms with Gasteiger partial charge < -0.3 is 5.32 Å². The SMILES string of the molecule is Cc1cc2nn(CC(=O)Nc3ccc(F)cc3)c(=O)n2c(-c2ccc(C(F)(F)F)cc2)n1. The lowest BCUT2D eigenvalue weighted by atomic mass is 10.1. The number of benzene rings is 2. The average molecular weight is 445 g/mol. The number of carbonyl (C=O) groups is 1. The molecule has 164 valence electrons. The standard InChI is InChI=1S/C21H15F4N5O2/c1-12-10-17-28-29(11-18(31)27-16-8-6-15(22)7-9-16)20(32)30(17)19(26-12)13-2-4-14(5-3-13)21(23,24)25/h2-10H,11H2,1H3,(H,27,31). The van der Waals surface area contributed by atoms with E-state index in [9.17, 15) is 27.2 Å². The van der Waals surface area contributed by atoms with E-state index in [1.807, 2.05) is 0 Å². The summed E-state index contributed by atoms with van der Waals surface area (Å²) >= 11 is 0. The molecular formula is C21H15F4N5O2. The zero-order chi connectivity index (χ0) is 23.0. The summed E-state index contributed by atoms with van der Waals surface area (Å²) in [6.45, 7) is 1.22. The summed E-state index contributed by atoms with van der Waals surface area (Å²) < 4.78 is 53.6. The Hall–Kier alpha value is -4.02. The highest BCUT2D eigenvalue weighted by Crippen LogP contribution is 2.30. The minimum Gasteiger partial charge on any atom is -0.324 e. The molecule has 0 unspecified atom stereocenters. The van der Waals surface area contributed by atoms with Crippen LogP contribution in [0.2, 0.25) is 0 Å². The molecule has 0 aliphatic carbocycles. The lowest BCUT2D eigenvalue weighted by Gasteiger charge is -2.08. The fourth-order valence-electron chi connectivity index (χ4n) is 3.13. The van der Waals surface area contributed by atoms with Gasteiger partial charge in [0.2, 0.25) is 5.91 Å². The quantitative estimate of drug-likeness (QED) is 0.486. The highest BCUT2D eigenvalue weighted by molar-refractivity contribution is 5.90. The maximum Gasteiger partial charge on any atom is 0.416 e. The number of aromatic nitrogens is 4. The number of rotatable bonds is 4. The van der Waals surface area contributed by atoms with Crippen molar-refractivity contribution in [3.05, 3.63) is 82.2 Å². The van der Waals surface area contributed by atoms with Crippen LogP contribution in [0.1, 0.15) is 11.3 Å². The predicted octanol–water partition coefficient (Wildman–Crippen LogP) is 3.66. The maximum absolute atomic E-state index is 13.0. The zero-order valence-corrected chi connectivity index (χ0v) is 16.5. The molecule has 0 saturated heterocycles. The molecule has 4 rings (SSSR count). The molecule has 0 aliphatic rings. The molecule has 2 aromatic heterocycles. The van der Waals surface area contributed by atoms with E-state index in [2.05, 4.69) is 15.4 Å². The lowest BCUT2D eigenvalue weighted by molar-refractivity contribution is -0.137. The Kier molecular flexibility index (Phi) is 5.25. The smallest absolute Gasteiger partial charge is 0.324 e. The molecule has 0 spiro atoms. The van der Waals surface area contributed by atoms with Gasteiger partial charge in [-0.1, -0.05) is 12.1 Å². The normalized spacial score (nSPS) is 11.7. The molecule has 0 fully saturated rings. The summed E-state index contributed by atoms with van der Waals surface area (Å²) in [5.41, 5.74) is -0.213. The molecule has 0 radical (unpaired) electrons. The van der Waals surface area contributed by atoms with E-state index in [1.54, 1.807) is 6.92 Å². The van der Waals surface area contributed by atoms with Crippen molar-refractivity contribution in [1.82, 2.24) is 19.2 Å². The molecule has 11 heteroatoms. The molecule has 2 heterocycles. The molecule has 0 bridgehead atoms. The van der Waals surface area contributed by atoms with Crippen molar-refractivity contribution in [1.29, 1.82) is 0 Å². The third-order valence-electron chi connectivity index (χ3n) is 4.59.